The van der Waals surface area contributed by atoms with Gasteiger partial charge < -0.3 is 9.47 Å². The van der Waals surface area contributed by atoms with Crippen LogP contribution in [-0.2, 0) is 10.0 Å². The van der Waals surface area contributed by atoms with E-state index in [0.29, 0.717) is 29.2 Å². The number of hydrogen-bond acceptors (Lipinski definition) is 4. The van der Waals surface area contributed by atoms with Crippen molar-refractivity contribution >= 4 is 26.0 Å². The first kappa shape index (κ1) is 19.2. The molecule has 0 aliphatic carbocycles. The van der Waals surface area contributed by atoms with Gasteiger partial charge in [0, 0.05) is 16.9 Å². The van der Waals surface area contributed by atoms with Crippen molar-refractivity contribution in [2.24, 2.45) is 5.92 Å². The molecule has 2 aromatic carbocycles. The normalized spacial score (nSPS) is 15.5. The molecule has 1 atom stereocenters. The summed E-state index contributed by atoms with van der Waals surface area (Å²) in [5.41, 5.74) is 0.847. The number of halogens is 1. The zero-order valence-corrected chi connectivity index (χ0v) is 17.1. The van der Waals surface area contributed by atoms with E-state index in [9.17, 15) is 8.42 Å². The molecule has 0 saturated heterocycles. The van der Waals surface area contributed by atoms with Crippen LogP contribution in [0.15, 0.2) is 51.8 Å². The Morgan fingerprint density at radius 1 is 1.04 bits per heavy atom. The summed E-state index contributed by atoms with van der Waals surface area (Å²) in [4.78, 5) is 0.222. The Kier molecular flexibility index (Phi) is 5.89. The van der Waals surface area contributed by atoms with E-state index in [0.717, 1.165) is 12.0 Å². The van der Waals surface area contributed by atoms with Crippen molar-refractivity contribution in [3.8, 4) is 11.5 Å². The van der Waals surface area contributed by atoms with Crippen molar-refractivity contribution in [2.45, 2.75) is 31.2 Å². The molecule has 0 bridgehead atoms. The molecular weight excluding hydrogens is 418 g/mol. The van der Waals surface area contributed by atoms with Crippen LogP contribution < -0.4 is 14.2 Å². The van der Waals surface area contributed by atoms with Crippen LogP contribution >= 0.6 is 15.9 Å². The van der Waals surface area contributed by atoms with Gasteiger partial charge in [0.05, 0.1) is 18.1 Å². The quantitative estimate of drug-likeness (QED) is 0.754. The van der Waals surface area contributed by atoms with Crippen molar-refractivity contribution < 1.29 is 17.9 Å². The molecule has 0 spiro atoms. The van der Waals surface area contributed by atoms with E-state index in [4.69, 9.17) is 9.47 Å². The number of benzene rings is 2. The molecule has 0 aromatic heterocycles. The van der Waals surface area contributed by atoms with Crippen molar-refractivity contribution in [3.05, 3.63) is 52.5 Å². The SMILES string of the molecule is CC(C)[C@@H](NS(=O)(=O)c1ccccc1Br)c1ccc2c(c1)OCCCO2. The van der Waals surface area contributed by atoms with Gasteiger partial charge >= 0.3 is 0 Å². The van der Waals surface area contributed by atoms with Gasteiger partial charge in [0.2, 0.25) is 10.0 Å². The van der Waals surface area contributed by atoms with Crippen LogP contribution in [-0.4, -0.2) is 21.6 Å². The van der Waals surface area contributed by atoms with Crippen LogP contribution in [0.3, 0.4) is 0 Å². The highest BCUT2D eigenvalue weighted by atomic mass is 79.9. The molecule has 26 heavy (non-hydrogen) atoms. The topological polar surface area (TPSA) is 64.6 Å². The highest BCUT2D eigenvalue weighted by molar-refractivity contribution is 9.10. The van der Waals surface area contributed by atoms with Crippen LogP contribution in [0.25, 0.3) is 0 Å². The number of nitrogens with one attached hydrogen (secondary N) is 1. The highest BCUT2D eigenvalue weighted by Crippen LogP contribution is 2.35. The minimum atomic E-state index is -3.68. The van der Waals surface area contributed by atoms with E-state index in [1.807, 2.05) is 32.0 Å². The highest BCUT2D eigenvalue weighted by Gasteiger charge is 2.26. The van der Waals surface area contributed by atoms with Crippen LogP contribution in [0.4, 0.5) is 0 Å². The van der Waals surface area contributed by atoms with Crippen LogP contribution in [0, 0.1) is 5.92 Å². The molecule has 140 valence electrons. The molecule has 3 rings (SSSR count). The zero-order chi connectivity index (χ0) is 18.7. The van der Waals surface area contributed by atoms with Crippen molar-refractivity contribution in [3.63, 3.8) is 0 Å². The molecule has 0 fully saturated rings. The largest absolute Gasteiger partial charge is 0.490 e. The average Bonchev–Trinajstić information content (AvgIpc) is 2.84. The number of rotatable bonds is 5. The Balaban J connectivity index is 1.93. The van der Waals surface area contributed by atoms with E-state index in [2.05, 4.69) is 20.7 Å². The number of ether oxygens (including phenoxy) is 2. The van der Waals surface area contributed by atoms with Gasteiger partial charge in [-0.1, -0.05) is 32.0 Å². The van der Waals surface area contributed by atoms with Gasteiger partial charge in [0.15, 0.2) is 11.5 Å². The Labute approximate surface area is 162 Å². The fourth-order valence-electron chi connectivity index (χ4n) is 2.86. The van der Waals surface area contributed by atoms with Gasteiger partial charge in [-0.05, 0) is 51.7 Å². The molecule has 0 radical (unpaired) electrons. The molecule has 2 aromatic rings. The van der Waals surface area contributed by atoms with Gasteiger partial charge in [-0.25, -0.2) is 13.1 Å². The third-order valence-electron chi connectivity index (χ3n) is 4.21. The van der Waals surface area contributed by atoms with E-state index in [-0.39, 0.29) is 16.9 Å². The first-order valence-corrected chi connectivity index (χ1v) is 10.8. The van der Waals surface area contributed by atoms with E-state index < -0.39 is 10.0 Å². The number of fused-ring (bicyclic) bond motifs is 1. The molecule has 0 amide bonds. The minimum absolute atomic E-state index is 0.0528. The summed E-state index contributed by atoms with van der Waals surface area (Å²) >= 11 is 3.32. The van der Waals surface area contributed by atoms with Crippen molar-refractivity contribution in [1.29, 1.82) is 0 Å². The molecule has 0 unspecified atom stereocenters. The summed E-state index contributed by atoms with van der Waals surface area (Å²) in [6.45, 7) is 5.17. The Hall–Kier alpha value is -1.57. The number of hydrogen-bond donors (Lipinski definition) is 1. The van der Waals surface area contributed by atoms with Gasteiger partial charge in [-0.3, -0.25) is 0 Å². The predicted molar refractivity (Wildman–Crippen MR) is 104 cm³/mol. The summed E-state index contributed by atoms with van der Waals surface area (Å²) in [5, 5.41) is 0. The molecule has 1 N–H and O–H groups in total. The van der Waals surface area contributed by atoms with Gasteiger partial charge in [-0.2, -0.15) is 0 Å². The third-order valence-corrected chi connectivity index (χ3v) is 6.66. The van der Waals surface area contributed by atoms with Crippen LogP contribution in [0.5, 0.6) is 11.5 Å². The van der Waals surface area contributed by atoms with Gasteiger partial charge in [-0.15, -0.1) is 0 Å². The maximum atomic E-state index is 12.9. The maximum Gasteiger partial charge on any atom is 0.242 e. The second-order valence-electron chi connectivity index (χ2n) is 6.53. The third kappa shape index (κ3) is 4.22. The second kappa shape index (κ2) is 7.98. The average molecular weight is 440 g/mol. The van der Waals surface area contributed by atoms with E-state index in [1.54, 1.807) is 24.3 Å². The molecular formula is C19H22BrNO4S. The number of sulfonamides is 1. The van der Waals surface area contributed by atoms with E-state index in [1.165, 1.54) is 0 Å². The summed E-state index contributed by atoms with van der Waals surface area (Å²) in [6.07, 6.45) is 0.826. The lowest BCUT2D eigenvalue weighted by atomic mass is 9.97. The van der Waals surface area contributed by atoms with Crippen molar-refractivity contribution in [1.82, 2.24) is 4.72 Å². The molecule has 5 nitrogen and oxygen atoms in total. The first-order valence-electron chi connectivity index (χ1n) is 8.55. The Morgan fingerprint density at radius 2 is 1.73 bits per heavy atom. The van der Waals surface area contributed by atoms with Gasteiger partial charge in [0.25, 0.3) is 0 Å². The lowest BCUT2D eigenvalue weighted by Crippen LogP contribution is -2.32. The molecule has 1 aliphatic rings. The van der Waals surface area contributed by atoms with Crippen molar-refractivity contribution in [2.75, 3.05) is 13.2 Å². The maximum absolute atomic E-state index is 12.9. The smallest absolute Gasteiger partial charge is 0.242 e. The summed E-state index contributed by atoms with van der Waals surface area (Å²) in [5.74, 6) is 1.41. The molecule has 7 heteroatoms. The summed E-state index contributed by atoms with van der Waals surface area (Å²) in [6, 6.07) is 12.0. The first-order chi connectivity index (χ1) is 12.4. The van der Waals surface area contributed by atoms with Gasteiger partial charge in [0.1, 0.15) is 0 Å². The zero-order valence-electron chi connectivity index (χ0n) is 14.7. The molecule has 0 saturated carbocycles. The second-order valence-corrected chi connectivity index (χ2v) is 9.07. The monoisotopic (exact) mass is 439 g/mol. The fourth-order valence-corrected chi connectivity index (χ4v) is 5.23. The fraction of sp³-hybridized carbons (Fsp3) is 0.368. The molecule has 1 heterocycles. The molecule has 1 aliphatic heterocycles. The standard InChI is InChI=1S/C19H22BrNO4S/c1-13(2)19(21-26(22,23)18-7-4-3-6-15(18)20)14-8-9-16-17(12-14)25-11-5-10-24-16/h3-4,6-9,12-13,19,21H,5,10-11H2,1-2H3/t19-/m1/s1. The lowest BCUT2D eigenvalue weighted by molar-refractivity contribution is 0.297. The van der Waals surface area contributed by atoms with Crippen LogP contribution in [0.2, 0.25) is 0 Å². The predicted octanol–water partition coefficient (Wildman–Crippen LogP) is 4.29. The van der Waals surface area contributed by atoms with Crippen LogP contribution in [0.1, 0.15) is 31.9 Å². The Morgan fingerprint density at radius 3 is 2.42 bits per heavy atom. The minimum Gasteiger partial charge on any atom is -0.490 e. The lowest BCUT2D eigenvalue weighted by Gasteiger charge is -2.24. The van der Waals surface area contributed by atoms with E-state index >= 15 is 0 Å². The summed E-state index contributed by atoms with van der Waals surface area (Å²) < 4.78 is 40.5. The summed E-state index contributed by atoms with van der Waals surface area (Å²) in [7, 11) is -3.68. The Bertz CT molecular complexity index is 883.